The number of thiol groups is 1. The third-order valence-electron chi connectivity index (χ3n) is 3.60. The molecule has 1 aromatic rings. The Kier molecular flexibility index (Phi) is 4.87. The zero-order valence-electron chi connectivity index (χ0n) is 12.3. The number of rotatable bonds is 4. The predicted molar refractivity (Wildman–Crippen MR) is 88.5 cm³/mol. The molecule has 1 saturated heterocycles. The first-order valence-electron chi connectivity index (χ1n) is 6.70. The number of carboxylic acid groups (broad SMARTS) is 1. The number of aliphatic carboxylic acids is 1. The van der Waals surface area contributed by atoms with Crippen molar-refractivity contribution in [3.8, 4) is 0 Å². The molecule has 1 amide bonds. The van der Waals surface area contributed by atoms with E-state index in [1.54, 1.807) is 24.3 Å². The molecule has 0 unspecified atom stereocenters. The van der Waals surface area contributed by atoms with E-state index in [0.717, 1.165) is 5.56 Å². The molecule has 22 heavy (non-hydrogen) atoms. The van der Waals surface area contributed by atoms with Crippen LogP contribution in [0.3, 0.4) is 0 Å². The van der Waals surface area contributed by atoms with Crippen molar-refractivity contribution in [1.82, 2.24) is 4.90 Å². The van der Waals surface area contributed by atoms with E-state index in [0.29, 0.717) is 11.3 Å². The second-order valence-corrected chi connectivity index (χ2v) is 7.29. The predicted octanol–water partition coefficient (Wildman–Crippen LogP) is 1.85. The van der Waals surface area contributed by atoms with Gasteiger partial charge in [-0.15, -0.1) is 11.8 Å². The number of hydrogen-bond donors (Lipinski definition) is 2. The van der Waals surface area contributed by atoms with Crippen LogP contribution in [0.1, 0.15) is 22.8 Å². The number of amides is 1. The molecule has 2 atom stereocenters. The van der Waals surface area contributed by atoms with Gasteiger partial charge in [0.15, 0.2) is 10.5 Å². The highest BCUT2D eigenvalue weighted by Crippen LogP contribution is 2.29. The summed E-state index contributed by atoms with van der Waals surface area (Å²) >= 11 is 5.61. The molecule has 1 aliphatic heterocycles. The number of hydrogen-bond acceptors (Lipinski definition) is 5. The Labute approximate surface area is 138 Å². The number of carbonyl (C=O) groups excluding carboxylic acids is 2. The Hall–Kier alpha value is -1.47. The Morgan fingerprint density at radius 3 is 2.45 bits per heavy atom. The van der Waals surface area contributed by atoms with E-state index in [-0.39, 0.29) is 5.88 Å². The van der Waals surface area contributed by atoms with Gasteiger partial charge >= 0.3 is 5.97 Å². The maximum absolute atomic E-state index is 12.6. The van der Waals surface area contributed by atoms with Crippen molar-refractivity contribution in [2.45, 2.75) is 24.6 Å². The molecule has 1 N–H and O–H groups in total. The van der Waals surface area contributed by atoms with E-state index in [2.05, 4.69) is 12.6 Å². The minimum atomic E-state index is -1.59. The van der Waals surface area contributed by atoms with E-state index in [1.165, 1.54) is 23.6 Å². The summed E-state index contributed by atoms with van der Waals surface area (Å²) in [6, 6.07) is 5.95. The molecule has 0 radical (unpaired) electrons. The van der Waals surface area contributed by atoms with Crippen LogP contribution in [0.4, 0.5) is 0 Å². The average molecular weight is 339 g/mol. The van der Waals surface area contributed by atoms with Crippen LogP contribution in [-0.4, -0.2) is 50.1 Å². The van der Waals surface area contributed by atoms with Crippen LogP contribution in [0.5, 0.6) is 0 Å². The van der Waals surface area contributed by atoms with Gasteiger partial charge in [-0.2, -0.15) is 12.6 Å². The van der Waals surface area contributed by atoms with Gasteiger partial charge in [-0.05, 0) is 13.8 Å². The summed E-state index contributed by atoms with van der Waals surface area (Å²) in [6.45, 7) is 3.32. The summed E-state index contributed by atoms with van der Waals surface area (Å²) in [5, 5.41) is 9.17. The lowest BCUT2D eigenvalue weighted by molar-refractivity contribution is -0.148. The zero-order valence-corrected chi connectivity index (χ0v) is 14.0. The van der Waals surface area contributed by atoms with E-state index in [1.807, 2.05) is 6.92 Å². The summed E-state index contributed by atoms with van der Waals surface area (Å²) in [5.74, 6) is -1.48. The summed E-state index contributed by atoms with van der Waals surface area (Å²) in [7, 11) is 0. The van der Waals surface area contributed by atoms with Crippen molar-refractivity contribution in [3.63, 3.8) is 0 Å². The number of carbonyl (C=O) groups is 3. The van der Waals surface area contributed by atoms with Crippen molar-refractivity contribution < 1.29 is 19.5 Å². The highest BCUT2D eigenvalue weighted by Gasteiger charge is 2.46. The van der Waals surface area contributed by atoms with Crippen LogP contribution in [0.15, 0.2) is 24.3 Å². The van der Waals surface area contributed by atoms with Gasteiger partial charge in [-0.3, -0.25) is 9.59 Å². The molecular weight excluding hydrogens is 322 g/mol. The third kappa shape index (κ3) is 3.15. The normalized spacial score (nSPS) is 20.5. The molecule has 0 saturated carbocycles. The van der Waals surface area contributed by atoms with Gasteiger partial charge in [0.1, 0.15) is 6.04 Å². The molecule has 2 rings (SSSR count). The van der Waals surface area contributed by atoms with Crippen LogP contribution in [0.25, 0.3) is 0 Å². The lowest BCUT2D eigenvalue weighted by Gasteiger charge is -2.29. The van der Waals surface area contributed by atoms with Crippen molar-refractivity contribution in [3.05, 3.63) is 35.4 Å². The number of nitrogens with zero attached hydrogens (tertiary/aromatic N) is 1. The van der Waals surface area contributed by atoms with Gasteiger partial charge in [0, 0.05) is 11.3 Å². The zero-order chi connectivity index (χ0) is 16.5. The summed E-state index contributed by atoms with van der Waals surface area (Å²) < 4.78 is -1.59. The number of ketones is 1. The molecular formula is C15H17NO4S2. The SMILES string of the molecule is Cc1ccc(C(=O)[C@](C)(S)C(=O)N2CSC[C@H]2C(=O)O)cc1. The number of thioether (sulfide) groups is 1. The van der Waals surface area contributed by atoms with Gasteiger partial charge in [0.25, 0.3) is 0 Å². The minimum absolute atomic E-state index is 0.257. The Morgan fingerprint density at radius 2 is 1.91 bits per heavy atom. The Morgan fingerprint density at radius 1 is 1.32 bits per heavy atom. The van der Waals surface area contributed by atoms with Crippen LogP contribution in [0, 0.1) is 6.92 Å². The molecule has 1 heterocycles. The molecule has 0 aliphatic carbocycles. The van der Waals surface area contributed by atoms with Gasteiger partial charge in [0.05, 0.1) is 5.88 Å². The molecule has 1 aliphatic rings. The maximum Gasteiger partial charge on any atom is 0.327 e. The average Bonchev–Trinajstić information content (AvgIpc) is 2.96. The van der Waals surface area contributed by atoms with E-state index < -0.39 is 28.4 Å². The largest absolute Gasteiger partial charge is 0.480 e. The van der Waals surface area contributed by atoms with Crippen LogP contribution >= 0.6 is 24.4 Å². The number of carboxylic acids is 1. The van der Waals surface area contributed by atoms with Crippen LogP contribution in [0.2, 0.25) is 0 Å². The lowest BCUT2D eigenvalue weighted by atomic mass is 9.96. The summed E-state index contributed by atoms with van der Waals surface area (Å²) in [5.41, 5.74) is 1.39. The lowest BCUT2D eigenvalue weighted by Crippen LogP contribution is -2.52. The highest BCUT2D eigenvalue weighted by atomic mass is 32.2. The molecule has 7 heteroatoms. The monoisotopic (exact) mass is 339 g/mol. The van der Waals surface area contributed by atoms with E-state index in [9.17, 15) is 14.4 Å². The van der Waals surface area contributed by atoms with Gasteiger partial charge in [-0.25, -0.2) is 4.79 Å². The van der Waals surface area contributed by atoms with Crippen LogP contribution in [-0.2, 0) is 9.59 Å². The van der Waals surface area contributed by atoms with Crippen molar-refractivity contribution in [1.29, 1.82) is 0 Å². The topological polar surface area (TPSA) is 74.7 Å². The molecule has 0 spiro atoms. The minimum Gasteiger partial charge on any atom is -0.480 e. The van der Waals surface area contributed by atoms with E-state index >= 15 is 0 Å². The first kappa shape index (κ1) is 16.9. The molecule has 0 bridgehead atoms. The standard InChI is InChI=1S/C15H17NO4S2/c1-9-3-5-10(6-4-9)12(17)15(2,21)14(20)16-8-22-7-11(16)13(18)19/h3-6,11,21H,7-8H2,1-2H3,(H,18,19)/t11-,15-/m0/s1. The van der Waals surface area contributed by atoms with Crippen molar-refractivity contribution >= 4 is 42.1 Å². The fourth-order valence-electron chi connectivity index (χ4n) is 2.21. The molecule has 118 valence electrons. The highest BCUT2D eigenvalue weighted by molar-refractivity contribution is 7.99. The first-order chi connectivity index (χ1) is 10.2. The van der Waals surface area contributed by atoms with Gasteiger partial charge in [0.2, 0.25) is 5.91 Å². The second kappa shape index (κ2) is 6.34. The maximum atomic E-state index is 12.6. The second-order valence-electron chi connectivity index (χ2n) is 5.40. The molecule has 1 aromatic carbocycles. The molecule has 0 aromatic heterocycles. The fourth-order valence-corrected chi connectivity index (χ4v) is 3.61. The van der Waals surface area contributed by atoms with Gasteiger partial charge < -0.3 is 10.0 Å². The quantitative estimate of drug-likeness (QED) is 0.497. The first-order valence-corrected chi connectivity index (χ1v) is 8.31. The summed E-state index contributed by atoms with van der Waals surface area (Å²) in [6.07, 6.45) is 0. The van der Waals surface area contributed by atoms with Gasteiger partial charge in [-0.1, -0.05) is 29.8 Å². The molecule has 1 fully saturated rings. The van der Waals surface area contributed by atoms with Crippen molar-refractivity contribution in [2.24, 2.45) is 0 Å². The molecule has 5 nitrogen and oxygen atoms in total. The number of aryl methyl sites for hydroxylation is 1. The number of Topliss-reactive ketones (excluding diaryl/α,β-unsaturated/α-hetero) is 1. The Bertz CT molecular complexity index is 612. The number of benzene rings is 1. The third-order valence-corrected chi connectivity index (χ3v) is 5.01. The fraction of sp³-hybridized carbons (Fsp3) is 0.400. The van der Waals surface area contributed by atoms with Crippen LogP contribution < -0.4 is 0 Å². The Balaban J connectivity index is 2.25. The van der Waals surface area contributed by atoms with E-state index in [4.69, 9.17) is 5.11 Å². The summed E-state index contributed by atoms with van der Waals surface area (Å²) in [4.78, 5) is 37.6. The van der Waals surface area contributed by atoms with Crippen molar-refractivity contribution in [2.75, 3.05) is 11.6 Å². The smallest absolute Gasteiger partial charge is 0.327 e.